The van der Waals surface area contributed by atoms with Crippen molar-refractivity contribution in [2.75, 3.05) is 19.5 Å². The number of rotatable bonds is 9. The van der Waals surface area contributed by atoms with Crippen molar-refractivity contribution in [3.8, 4) is 17.2 Å². The number of nitrogens with one attached hydrogen (secondary N) is 1. The predicted octanol–water partition coefficient (Wildman–Crippen LogP) is 5.40. The number of aryl methyl sites for hydroxylation is 2. The molecule has 0 saturated heterocycles. The maximum atomic E-state index is 12.9. The van der Waals surface area contributed by atoms with E-state index >= 15 is 0 Å². The van der Waals surface area contributed by atoms with E-state index in [1.54, 1.807) is 49.5 Å². The first-order chi connectivity index (χ1) is 16.9. The summed E-state index contributed by atoms with van der Waals surface area (Å²) in [5, 5.41) is 7.27. The Hall–Kier alpha value is -4.26. The summed E-state index contributed by atoms with van der Waals surface area (Å²) in [5.41, 5.74) is 5.13. The summed E-state index contributed by atoms with van der Waals surface area (Å²) < 4.78 is 18.6. The molecule has 1 heterocycles. The van der Waals surface area contributed by atoms with E-state index in [9.17, 15) is 4.79 Å². The Kier molecular flexibility index (Phi) is 7.35. The van der Waals surface area contributed by atoms with Crippen LogP contribution in [0.4, 0.5) is 5.69 Å². The Morgan fingerprint density at radius 3 is 2.63 bits per heavy atom. The van der Waals surface area contributed by atoms with Gasteiger partial charge >= 0.3 is 0 Å². The number of nitrogens with zero attached hydrogens (tertiary/aromatic N) is 2. The molecule has 7 nitrogen and oxygen atoms in total. The van der Waals surface area contributed by atoms with E-state index in [-0.39, 0.29) is 12.5 Å². The van der Waals surface area contributed by atoms with Crippen LogP contribution in [-0.4, -0.2) is 29.9 Å². The Bertz CT molecular complexity index is 1330. The van der Waals surface area contributed by atoms with Crippen molar-refractivity contribution in [2.45, 2.75) is 27.0 Å². The molecular formula is C28H29N3O4. The molecule has 3 aromatic carbocycles. The molecular weight excluding hydrogens is 442 g/mol. The minimum absolute atomic E-state index is 0.235. The number of anilines is 1. The average Bonchev–Trinajstić information content (AvgIpc) is 3.30. The molecule has 0 aliphatic carbocycles. The zero-order valence-corrected chi connectivity index (χ0v) is 20.4. The Balaban J connectivity index is 1.44. The molecule has 0 spiro atoms. The van der Waals surface area contributed by atoms with Gasteiger partial charge in [-0.1, -0.05) is 24.3 Å². The standard InChI is InChI=1S/C28H29N3O4/c1-19-8-9-20(2)27(12-19)35-18-23-14-22(10-11-26(23)34-4)28(32)30-24-15-29-31(17-24)16-21-6-5-7-25(13-21)33-3/h5-15,17H,16,18H2,1-4H3,(H,30,32). The number of ether oxygens (including phenoxy) is 3. The number of aromatic nitrogens is 2. The third-order valence-electron chi connectivity index (χ3n) is 5.64. The number of carbonyl (C=O) groups is 1. The van der Waals surface area contributed by atoms with Crippen LogP contribution in [-0.2, 0) is 13.2 Å². The van der Waals surface area contributed by atoms with Crippen LogP contribution in [0, 0.1) is 13.8 Å². The van der Waals surface area contributed by atoms with Gasteiger partial charge in [0.1, 0.15) is 23.9 Å². The second-order valence-corrected chi connectivity index (χ2v) is 8.32. The smallest absolute Gasteiger partial charge is 0.255 e. The van der Waals surface area contributed by atoms with E-state index in [4.69, 9.17) is 14.2 Å². The maximum Gasteiger partial charge on any atom is 0.255 e. The van der Waals surface area contributed by atoms with Gasteiger partial charge in [0.15, 0.2) is 0 Å². The summed E-state index contributed by atoms with van der Waals surface area (Å²) in [6.07, 6.45) is 3.43. The van der Waals surface area contributed by atoms with E-state index in [0.29, 0.717) is 23.5 Å². The minimum Gasteiger partial charge on any atom is -0.497 e. The number of carbonyl (C=O) groups excluding carboxylic acids is 1. The van der Waals surface area contributed by atoms with Crippen LogP contribution >= 0.6 is 0 Å². The van der Waals surface area contributed by atoms with Crippen LogP contribution in [0.5, 0.6) is 17.2 Å². The van der Waals surface area contributed by atoms with Gasteiger partial charge in [-0.05, 0) is 66.9 Å². The third-order valence-corrected chi connectivity index (χ3v) is 5.64. The lowest BCUT2D eigenvalue weighted by atomic mass is 10.1. The van der Waals surface area contributed by atoms with Gasteiger partial charge in [0.2, 0.25) is 0 Å². The molecule has 7 heteroatoms. The molecule has 4 rings (SSSR count). The first kappa shape index (κ1) is 23.9. The fourth-order valence-corrected chi connectivity index (χ4v) is 3.73. The second kappa shape index (κ2) is 10.8. The van der Waals surface area contributed by atoms with Gasteiger partial charge in [-0.15, -0.1) is 0 Å². The monoisotopic (exact) mass is 471 g/mol. The summed E-state index contributed by atoms with van der Waals surface area (Å²) in [6, 6.07) is 19.2. The van der Waals surface area contributed by atoms with E-state index < -0.39 is 0 Å². The number of benzene rings is 3. The second-order valence-electron chi connectivity index (χ2n) is 8.32. The van der Waals surface area contributed by atoms with E-state index in [2.05, 4.69) is 10.4 Å². The largest absolute Gasteiger partial charge is 0.497 e. The fourth-order valence-electron chi connectivity index (χ4n) is 3.73. The molecule has 1 amide bonds. The SMILES string of the molecule is COc1cccc(Cn2cc(NC(=O)c3ccc(OC)c(COc4cc(C)ccc4C)c3)cn2)c1. The van der Waals surface area contributed by atoms with E-state index in [1.165, 1.54) is 0 Å². The lowest BCUT2D eigenvalue weighted by Crippen LogP contribution is -2.12. The van der Waals surface area contributed by atoms with Crippen molar-refractivity contribution in [3.63, 3.8) is 0 Å². The summed E-state index contributed by atoms with van der Waals surface area (Å²) in [4.78, 5) is 12.9. The highest BCUT2D eigenvalue weighted by Gasteiger charge is 2.13. The zero-order chi connectivity index (χ0) is 24.8. The third kappa shape index (κ3) is 6.00. The molecule has 1 aromatic heterocycles. The Labute approximate surface area is 205 Å². The van der Waals surface area contributed by atoms with Crippen LogP contribution in [0.2, 0.25) is 0 Å². The van der Waals surface area contributed by atoms with E-state index in [0.717, 1.165) is 33.8 Å². The summed E-state index contributed by atoms with van der Waals surface area (Å²) in [5.74, 6) is 2.03. The Morgan fingerprint density at radius 1 is 0.971 bits per heavy atom. The quantitative estimate of drug-likeness (QED) is 0.354. The molecule has 4 aromatic rings. The normalized spacial score (nSPS) is 10.6. The topological polar surface area (TPSA) is 74.6 Å². The minimum atomic E-state index is -0.235. The molecule has 0 fully saturated rings. The average molecular weight is 472 g/mol. The molecule has 180 valence electrons. The van der Waals surface area contributed by atoms with Gasteiger partial charge in [0, 0.05) is 17.3 Å². The first-order valence-corrected chi connectivity index (χ1v) is 11.3. The summed E-state index contributed by atoms with van der Waals surface area (Å²) in [6.45, 7) is 4.88. The van der Waals surface area contributed by atoms with Crippen molar-refractivity contribution >= 4 is 11.6 Å². The van der Waals surface area contributed by atoms with Gasteiger partial charge in [0.25, 0.3) is 5.91 Å². The molecule has 1 N–H and O–H groups in total. The van der Waals surface area contributed by atoms with Crippen molar-refractivity contribution in [3.05, 3.63) is 101 Å². The van der Waals surface area contributed by atoms with E-state index in [1.807, 2.05) is 56.3 Å². The lowest BCUT2D eigenvalue weighted by molar-refractivity contribution is 0.102. The summed E-state index contributed by atoms with van der Waals surface area (Å²) >= 11 is 0. The van der Waals surface area contributed by atoms with Crippen LogP contribution in [0.25, 0.3) is 0 Å². The van der Waals surface area contributed by atoms with Crippen LogP contribution in [0.3, 0.4) is 0 Å². The van der Waals surface area contributed by atoms with Crippen molar-refractivity contribution < 1.29 is 19.0 Å². The van der Waals surface area contributed by atoms with Crippen molar-refractivity contribution in [1.29, 1.82) is 0 Å². The van der Waals surface area contributed by atoms with Crippen LogP contribution in [0.1, 0.15) is 32.6 Å². The van der Waals surface area contributed by atoms with Crippen molar-refractivity contribution in [1.82, 2.24) is 9.78 Å². The predicted molar refractivity (Wildman–Crippen MR) is 136 cm³/mol. The van der Waals surface area contributed by atoms with Gasteiger partial charge in [-0.25, -0.2) is 0 Å². The molecule has 0 aliphatic rings. The van der Waals surface area contributed by atoms with Crippen LogP contribution in [0.15, 0.2) is 73.1 Å². The molecule has 35 heavy (non-hydrogen) atoms. The highest BCUT2D eigenvalue weighted by atomic mass is 16.5. The Morgan fingerprint density at radius 2 is 1.83 bits per heavy atom. The first-order valence-electron chi connectivity index (χ1n) is 11.3. The molecule has 0 bridgehead atoms. The van der Waals surface area contributed by atoms with Gasteiger partial charge in [0.05, 0.1) is 32.6 Å². The zero-order valence-electron chi connectivity index (χ0n) is 20.4. The fraction of sp³-hybridized carbons (Fsp3) is 0.214. The van der Waals surface area contributed by atoms with Gasteiger partial charge < -0.3 is 19.5 Å². The van der Waals surface area contributed by atoms with Crippen LogP contribution < -0.4 is 19.5 Å². The number of hydrogen-bond donors (Lipinski definition) is 1. The lowest BCUT2D eigenvalue weighted by Gasteiger charge is -2.14. The molecule has 0 atom stereocenters. The number of methoxy groups -OCH3 is 2. The highest BCUT2D eigenvalue weighted by Crippen LogP contribution is 2.25. The summed E-state index contributed by atoms with van der Waals surface area (Å²) in [7, 11) is 3.24. The van der Waals surface area contributed by atoms with Crippen molar-refractivity contribution in [2.24, 2.45) is 0 Å². The molecule has 0 radical (unpaired) electrons. The van der Waals surface area contributed by atoms with Gasteiger partial charge in [-0.2, -0.15) is 5.10 Å². The molecule has 0 aliphatic heterocycles. The number of amides is 1. The van der Waals surface area contributed by atoms with Gasteiger partial charge in [-0.3, -0.25) is 9.48 Å². The molecule has 0 unspecified atom stereocenters. The maximum absolute atomic E-state index is 12.9. The molecule has 0 saturated carbocycles. The number of hydrogen-bond acceptors (Lipinski definition) is 5. The highest BCUT2D eigenvalue weighted by molar-refractivity contribution is 6.04.